The Morgan fingerprint density at radius 3 is 2.48 bits per heavy atom. The number of likely N-dealkylation sites (N-methyl/N-ethyl adjacent to an activating group) is 1. The predicted molar refractivity (Wildman–Crippen MR) is 112 cm³/mol. The van der Waals surface area contributed by atoms with E-state index in [9.17, 15) is 8.42 Å². The third-order valence-electron chi connectivity index (χ3n) is 4.18. The van der Waals surface area contributed by atoms with Crippen LogP contribution in [0.25, 0.3) is 10.9 Å². The van der Waals surface area contributed by atoms with Gasteiger partial charge >= 0.3 is 0 Å². The number of hydrogen-bond donors (Lipinski definition) is 0. The van der Waals surface area contributed by atoms with E-state index in [0.717, 1.165) is 0 Å². The van der Waals surface area contributed by atoms with Gasteiger partial charge in [0, 0.05) is 21.4 Å². The Bertz CT molecular complexity index is 1080. The summed E-state index contributed by atoms with van der Waals surface area (Å²) in [5.74, 6) is 0.523. The van der Waals surface area contributed by atoms with Gasteiger partial charge < -0.3 is 9.64 Å². The van der Waals surface area contributed by atoms with Gasteiger partial charge in [0.25, 0.3) is 10.0 Å². The van der Waals surface area contributed by atoms with Crippen molar-refractivity contribution in [2.75, 3.05) is 27.2 Å². The van der Waals surface area contributed by atoms with Gasteiger partial charge in [0.2, 0.25) is 0 Å². The largest absolute Gasteiger partial charge is 0.490 e. The average Bonchev–Trinajstić information content (AvgIpc) is 2.88. The minimum absolute atomic E-state index is 0.215. The van der Waals surface area contributed by atoms with Crippen molar-refractivity contribution in [3.05, 3.63) is 57.7 Å². The second kappa shape index (κ2) is 7.83. The van der Waals surface area contributed by atoms with Crippen LogP contribution in [-0.4, -0.2) is 44.5 Å². The Morgan fingerprint density at radius 1 is 1.19 bits per heavy atom. The van der Waals surface area contributed by atoms with Crippen LogP contribution in [0, 0.1) is 6.92 Å². The zero-order valence-electron chi connectivity index (χ0n) is 15.2. The van der Waals surface area contributed by atoms with Crippen LogP contribution in [0.3, 0.4) is 0 Å². The van der Waals surface area contributed by atoms with Crippen molar-refractivity contribution in [2.24, 2.45) is 0 Å². The summed E-state index contributed by atoms with van der Waals surface area (Å²) in [6.45, 7) is 2.88. The zero-order valence-corrected chi connectivity index (χ0v) is 18.4. The molecule has 0 N–H and O–H groups in total. The van der Waals surface area contributed by atoms with Gasteiger partial charge in [0.05, 0.1) is 16.1 Å². The first kappa shape index (κ1) is 20.2. The molecule has 0 amide bonds. The molecular weight excluding hydrogens is 452 g/mol. The third kappa shape index (κ3) is 3.87. The predicted octanol–water partition coefficient (Wildman–Crippen LogP) is 4.54. The van der Waals surface area contributed by atoms with Crippen molar-refractivity contribution >= 4 is 48.5 Å². The standard InChI is InChI=1S/C19H20BrClN2O3S/c1-13-19(26-10-9-22(2)3)16-11-14(21)12-17(20)18(16)23(13)27(24,25)15-7-5-4-6-8-15/h4-8,11-12H,9-10H2,1-3H3. The van der Waals surface area contributed by atoms with E-state index in [4.69, 9.17) is 16.3 Å². The van der Waals surface area contributed by atoms with Crippen molar-refractivity contribution in [3.8, 4) is 5.75 Å². The van der Waals surface area contributed by atoms with Crippen LogP contribution < -0.4 is 4.74 Å². The molecular formula is C19H20BrClN2O3S. The summed E-state index contributed by atoms with van der Waals surface area (Å²) < 4.78 is 34.6. The summed E-state index contributed by atoms with van der Waals surface area (Å²) >= 11 is 9.69. The number of fused-ring (bicyclic) bond motifs is 1. The van der Waals surface area contributed by atoms with E-state index < -0.39 is 10.0 Å². The molecule has 0 saturated heterocycles. The molecule has 0 radical (unpaired) electrons. The van der Waals surface area contributed by atoms with E-state index in [0.29, 0.717) is 45.0 Å². The molecule has 8 heteroatoms. The Hall–Kier alpha value is -1.54. The monoisotopic (exact) mass is 470 g/mol. The second-order valence-electron chi connectivity index (χ2n) is 6.43. The Kier molecular flexibility index (Phi) is 5.86. The lowest BCUT2D eigenvalue weighted by Gasteiger charge is -2.12. The molecule has 0 spiro atoms. The Labute approximate surface area is 172 Å². The van der Waals surface area contributed by atoms with Crippen molar-refractivity contribution in [1.29, 1.82) is 0 Å². The molecule has 27 heavy (non-hydrogen) atoms. The quantitative estimate of drug-likeness (QED) is 0.529. The zero-order chi connectivity index (χ0) is 19.8. The van der Waals surface area contributed by atoms with Gasteiger partial charge in [-0.1, -0.05) is 29.8 Å². The van der Waals surface area contributed by atoms with Crippen molar-refractivity contribution in [3.63, 3.8) is 0 Å². The fourth-order valence-corrected chi connectivity index (χ4v) is 5.61. The van der Waals surface area contributed by atoms with Crippen LogP contribution in [0.1, 0.15) is 5.69 Å². The molecule has 3 rings (SSSR count). The molecule has 0 unspecified atom stereocenters. The van der Waals surface area contributed by atoms with Gasteiger partial charge in [-0.15, -0.1) is 0 Å². The highest BCUT2D eigenvalue weighted by Gasteiger charge is 2.27. The van der Waals surface area contributed by atoms with E-state index in [1.54, 1.807) is 49.4 Å². The highest BCUT2D eigenvalue weighted by Crippen LogP contribution is 2.40. The minimum atomic E-state index is -3.80. The van der Waals surface area contributed by atoms with Crippen LogP contribution >= 0.6 is 27.5 Å². The number of hydrogen-bond acceptors (Lipinski definition) is 4. The van der Waals surface area contributed by atoms with Crippen LogP contribution in [-0.2, 0) is 10.0 Å². The minimum Gasteiger partial charge on any atom is -0.490 e. The highest BCUT2D eigenvalue weighted by atomic mass is 79.9. The third-order valence-corrected chi connectivity index (χ3v) is 6.80. The number of benzene rings is 2. The van der Waals surface area contributed by atoms with Gasteiger partial charge in [0.1, 0.15) is 12.4 Å². The molecule has 0 atom stereocenters. The maximum Gasteiger partial charge on any atom is 0.268 e. The highest BCUT2D eigenvalue weighted by molar-refractivity contribution is 9.10. The molecule has 0 bridgehead atoms. The Balaban J connectivity index is 2.26. The maximum absolute atomic E-state index is 13.3. The summed E-state index contributed by atoms with van der Waals surface area (Å²) in [6, 6.07) is 11.8. The molecule has 0 fully saturated rings. The van der Waals surface area contributed by atoms with E-state index in [2.05, 4.69) is 15.9 Å². The summed E-state index contributed by atoms with van der Waals surface area (Å²) in [4.78, 5) is 2.21. The molecule has 144 valence electrons. The number of ether oxygens (including phenoxy) is 1. The number of nitrogens with zero attached hydrogens (tertiary/aromatic N) is 2. The smallest absolute Gasteiger partial charge is 0.268 e. The number of halogens is 2. The first-order valence-corrected chi connectivity index (χ1v) is 10.9. The SMILES string of the molecule is Cc1c(OCCN(C)C)c2cc(Cl)cc(Br)c2n1S(=O)(=O)c1ccccc1. The van der Waals surface area contributed by atoms with E-state index in [-0.39, 0.29) is 4.90 Å². The molecule has 0 saturated carbocycles. The summed E-state index contributed by atoms with van der Waals surface area (Å²) in [5, 5.41) is 1.16. The van der Waals surface area contributed by atoms with E-state index in [1.807, 2.05) is 19.0 Å². The van der Waals surface area contributed by atoms with Crippen LogP contribution in [0.2, 0.25) is 5.02 Å². The van der Waals surface area contributed by atoms with E-state index >= 15 is 0 Å². The molecule has 0 aliphatic rings. The second-order valence-corrected chi connectivity index (χ2v) is 9.51. The lowest BCUT2D eigenvalue weighted by Crippen LogP contribution is -2.20. The molecule has 1 aromatic heterocycles. The fraction of sp³-hybridized carbons (Fsp3) is 0.263. The van der Waals surface area contributed by atoms with Gasteiger partial charge in [-0.25, -0.2) is 12.4 Å². The van der Waals surface area contributed by atoms with Gasteiger partial charge in [-0.2, -0.15) is 0 Å². The summed E-state index contributed by atoms with van der Waals surface area (Å²) in [6.07, 6.45) is 0. The molecule has 5 nitrogen and oxygen atoms in total. The maximum atomic E-state index is 13.3. The number of aromatic nitrogens is 1. The van der Waals surface area contributed by atoms with Gasteiger partial charge in [-0.3, -0.25) is 0 Å². The lowest BCUT2D eigenvalue weighted by atomic mass is 10.2. The van der Waals surface area contributed by atoms with Crippen molar-refractivity contribution < 1.29 is 13.2 Å². The normalized spacial score (nSPS) is 12.1. The summed E-state index contributed by atoms with van der Waals surface area (Å²) in [5.41, 5.74) is 1.02. The van der Waals surface area contributed by atoms with Gasteiger partial charge in [0.15, 0.2) is 0 Å². The van der Waals surface area contributed by atoms with Crippen LogP contribution in [0.4, 0.5) is 0 Å². The van der Waals surface area contributed by atoms with Crippen LogP contribution in [0.5, 0.6) is 5.75 Å². The topological polar surface area (TPSA) is 51.5 Å². The molecule has 3 aromatic rings. The first-order chi connectivity index (χ1) is 12.7. The lowest BCUT2D eigenvalue weighted by molar-refractivity contribution is 0.262. The van der Waals surface area contributed by atoms with Gasteiger partial charge in [-0.05, 0) is 61.2 Å². The molecule has 0 aliphatic heterocycles. The fourth-order valence-electron chi connectivity index (χ4n) is 2.91. The molecule has 2 aromatic carbocycles. The van der Waals surface area contributed by atoms with Crippen molar-refractivity contribution in [2.45, 2.75) is 11.8 Å². The van der Waals surface area contributed by atoms with Crippen molar-refractivity contribution in [1.82, 2.24) is 8.87 Å². The molecule has 0 aliphatic carbocycles. The van der Waals surface area contributed by atoms with E-state index in [1.165, 1.54) is 3.97 Å². The Morgan fingerprint density at radius 2 is 1.85 bits per heavy atom. The summed E-state index contributed by atoms with van der Waals surface area (Å²) in [7, 11) is 0.103. The van der Waals surface area contributed by atoms with Crippen LogP contribution in [0.15, 0.2) is 51.8 Å². The molecule has 1 heterocycles. The number of rotatable bonds is 6. The average molecular weight is 472 g/mol. The first-order valence-electron chi connectivity index (χ1n) is 8.31.